The minimum absolute atomic E-state index is 0.0502. The number of para-hydroxylation sites is 1. The Morgan fingerprint density at radius 2 is 1.81 bits per heavy atom. The quantitative estimate of drug-likeness (QED) is 0.242. The van der Waals surface area contributed by atoms with Crippen molar-refractivity contribution in [1.29, 1.82) is 0 Å². The highest BCUT2D eigenvalue weighted by atomic mass is 16.5. The number of hydrogen-bond donors (Lipinski definition) is 2. The van der Waals surface area contributed by atoms with E-state index in [0.29, 0.717) is 24.3 Å². The number of aldehydes is 1. The molecule has 1 amide bonds. The number of fused-ring (bicyclic) bond motifs is 3. The van der Waals surface area contributed by atoms with Crippen molar-refractivity contribution in [2.75, 3.05) is 23.3 Å². The summed E-state index contributed by atoms with van der Waals surface area (Å²) in [4.78, 5) is 26.2. The number of hydrogen-bond acceptors (Lipinski definition) is 5. The summed E-state index contributed by atoms with van der Waals surface area (Å²) in [6.07, 6.45) is 2.97. The van der Waals surface area contributed by atoms with Crippen molar-refractivity contribution in [2.45, 2.75) is 20.3 Å². The van der Waals surface area contributed by atoms with E-state index >= 15 is 0 Å². The van der Waals surface area contributed by atoms with Crippen LogP contribution in [0.3, 0.4) is 0 Å². The van der Waals surface area contributed by atoms with E-state index in [1.807, 2.05) is 73.3 Å². The molecule has 1 aliphatic heterocycles. The minimum atomic E-state index is -0.393. The van der Waals surface area contributed by atoms with Crippen LogP contribution in [-0.4, -0.2) is 25.3 Å². The van der Waals surface area contributed by atoms with Crippen LogP contribution in [-0.2, 0) is 9.59 Å². The molecule has 4 rings (SSSR count). The number of anilines is 3. The molecule has 3 aromatic rings. The molecular weight excluding hydrogens is 390 g/mol. The van der Waals surface area contributed by atoms with E-state index in [1.54, 1.807) is 6.20 Å². The second-order valence-electron chi connectivity index (χ2n) is 7.28. The molecule has 0 bridgehead atoms. The van der Waals surface area contributed by atoms with Crippen molar-refractivity contribution in [3.05, 3.63) is 66.4 Å². The van der Waals surface area contributed by atoms with Crippen molar-refractivity contribution >= 4 is 40.0 Å². The Bertz CT molecular complexity index is 1170. The first-order valence-electron chi connectivity index (χ1n) is 10.5. The Balaban J connectivity index is 1.90. The average Bonchev–Trinajstić information content (AvgIpc) is 2.79. The van der Waals surface area contributed by atoms with Crippen LogP contribution in [0.15, 0.2) is 66.4 Å². The molecule has 31 heavy (non-hydrogen) atoms. The number of ether oxygens (including phenoxy) is 1. The van der Waals surface area contributed by atoms with Gasteiger partial charge in [0.25, 0.3) is 5.91 Å². The molecule has 1 aliphatic rings. The first kappa shape index (κ1) is 20.5. The van der Waals surface area contributed by atoms with Gasteiger partial charge in [0, 0.05) is 19.3 Å². The Morgan fingerprint density at radius 3 is 2.52 bits per heavy atom. The van der Waals surface area contributed by atoms with Gasteiger partial charge in [0.05, 0.1) is 22.6 Å². The number of nitrogens with zero attached hydrogens (tertiary/aromatic N) is 1. The summed E-state index contributed by atoms with van der Waals surface area (Å²) < 4.78 is 6.32. The molecular formula is C25H25N3O3. The number of carbonyl (C=O) groups excluding carboxylic acids is 2. The molecule has 1 heterocycles. The van der Waals surface area contributed by atoms with E-state index in [-0.39, 0.29) is 5.57 Å². The zero-order valence-electron chi connectivity index (χ0n) is 17.6. The van der Waals surface area contributed by atoms with Gasteiger partial charge in [-0.05, 0) is 48.4 Å². The number of benzene rings is 3. The van der Waals surface area contributed by atoms with Crippen molar-refractivity contribution in [1.82, 2.24) is 5.32 Å². The summed E-state index contributed by atoms with van der Waals surface area (Å²) in [6.45, 7) is 5.23. The van der Waals surface area contributed by atoms with Crippen LogP contribution >= 0.6 is 0 Å². The van der Waals surface area contributed by atoms with Crippen molar-refractivity contribution in [3.8, 4) is 11.5 Å². The van der Waals surface area contributed by atoms with Crippen molar-refractivity contribution in [3.63, 3.8) is 0 Å². The predicted molar refractivity (Wildman–Crippen MR) is 124 cm³/mol. The standard InChI is InChI=1S/C25H25N3O3/c1-3-12-27-25(30)19(16-29)15-28-21-11-7-10-20(26-4-2)24(21)31-23-14-18-9-6-5-8-17(18)13-22(23)28/h5-11,13-16,26H,3-4,12H2,1-2H3,(H,27,30)/b19-15+. The van der Waals surface area contributed by atoms with Crippen molar-refractivity contribution in [2.24, 2.45) is 0 Å². The Morgan fingerprint density at radius 1 is 1.03 bits per heavy atom. The predicted octanol–water partition coefficient (Wildman–Crippen LogP) is 5.12. The van der Waals surface area contributed by atoms with Gasteiger partial charge in [-0.3, -0.25) is 9.59 Å². The summed E-state index contributed by atoms with van der Waals surface area (Å²) >= 11 is 0. The van der Waals surface area contributed by atoms with Gasteiger partial charge in [0.2, 0.25) is 0 Å². The molecule has 0 saturated heterocycles. The average molecular weight is 415 g/mol. The molecule has 0 atom stereocenters. The Kier molecular flexibility index (Phi) is 5.89. The van der Waals surface area contributed by atoms with Gasteiger partial charge in [-0.15, -0.1) is 0 Å². The van der Waals surface area contributed by atoms with Crippen LogP contribution in [0.4, 0.5) is 17.1 Å². The van der Waals surface area contributed by atoms with E-state index in [0.717, 1.165) is 40.8 Å². The van der Waals surface area contributed by atoms with Crippen LogP contribution in [0, 0.1) is 0 Å². The van der Waals surface area contributed by atoms with Gasteiger partial charge in [-0.2, -0.15) is 0 Å². The molecule has 6 heteroatoms. The molecule has 6 nitrogen and oxygen atoms in total. The molecule has 0 spiro atoms. The van der Waals surface area contributed by atoms with Gasteiger partial charge in [0.15, 0.2) is 17.8 Å². The van der Waals surface area contributed by atoms with Gasteiger partial charge in [-0.25, -0.2) is 0 Å². The summed E-state index contributed by atoms with van der Waals surface area (Å²) in [5.74, 6) is 0.921. The lowest BCUT2D eigenvalue weighted by Crippen LogP contribution is -2.28. The monoisotopic (exact) mass is 415 g/mol. The maximum absolute atomic E-state index is 12.5. The van der Waals surface area contributed by atoms with E-state index in [2.05, 4.69) is 10.6 Å². The Labute approximate surface area is 181 Å². The van der Waals surface area contributed by atoms with Crippen LogP contribution in [0.25, 0.3) is 10.8 Å². The van der Waals surface area contributed by atoms with Crippen LogP contribution < -0.4 is 20.3 Å². The lowest BCUT2D eigenvalue weighted by atomic mass is 10.1. The van der Waals surface area contributed by atoms with E-state index in [4.69, 9.17) is 4.74 Å². The van der Waals surface area contributed by atoms with Crippen LogP contribution in [0.5, 0.6) is 11.5 Å². The maximum Gasteiger partial charge on any atom is 0.256 e. The first-order valence-corrected chi connectivity index (χ1v) is 10.5. The SMILES string of the molecule is CCCNC(=O)/C(C=O)=C/N1c2cc3ccccc3cc2Oc2c(NCC)cccc21. The molecule has 0 fully saturated rings. The Hall–Kier alpha value is -3.80. The molecule has 158 valence electrons. The van der Waals surface area contributed by atoms with E-state index in [1.165, 1.54) is 0 Å². The van der Waals surface area contributed by atoms with Crippen LogP contribution in [0.1, 0.15) is 20.3 Å². The van der Waals surface area contributed by atoms with Crippen LogP contribution in [0.2, 0.25) is 0 Å². The van der Waals surface area contributed by atoms with Gasteiger partial charge >= 0.3 is 0 Å². The zero-order chi connectivity index (χ0) is 21.8. The van der Waals surface area contributed by atoms with Gasteiger partial charge < -0.3 is 20.3 Å². The van der Waals surface area contributed by atoms with Gasteiger partial charge in [0.1, 0.15) is 0 Å². The van der Waals surface area contributed by atoms with Gasteiger partial charge in [-0.1, -0.05) is 37.3 Å². The highest BCUT2D eigenvalue weighted by molar-refractivity contribution is 6.11. The first-order chi connectivity index (χ1) is 15.2. The lowest BCUT2D eigenvalue weighted by molar-refractivity contribution is -0.119. The molecule has 2 N–H and O–H groups in total. The second-order valence-corrected chi connectivity index (χ2v) is 7.28. The van der Waals surface area contributed by atoms with E-state index < -0.39 is 5.91 Å². The number of rotatable bonds is 7. The molecule has 0 aliphatic carbocycles. The second kappa shape index (κ2) is 8.92. The summed E-state index contributed by atoms with van der Waals surface area (Å²) in [6, 6.07) is 17.8. The topological polar surface area (TPSA) is 70.7 Å². The largest absolute Gasteiger partial charge is 0.451 e. The summed E-state index contributed by atoms with van der Waals surface area (Å²) in [5, 5.41) is 8.18. The highest BCUT2D eigenvalue weighted by Gasteiger charge is 2.27. The fourth-order valence-corrected chi connectivity index (χ4v) is 3.63. The zero-order valence-corrected chi connectivity index (χ0v) is 17.6. The lowest BCUT2D eigenvalue weighted by Gasteiger charge is -2.32. The van der Waals surface area contributed by atoms with Crippen molar-refractivity contribution < 1.29 is 14.3 Å². The smallest absolute Gasteiger partial charge is 0.256 e. The minimum Gasteiger partial charge on any atom is -0.451 e. The molecule has 3 aromatic carbocycles. The third kappa shape index (κ3) is 3.97. The number of carbonyl (C=O) groups is 2. The third-order valence-electron chi connectivity index (χ3n) is 5.11. The number of amides is 1. The molecule has 0 aromatic heterocycles. The third-order valence-corrected chi connectivity index (χ3v) is 5.11. The summed E-state index contributed by atoms with van der Waals surface area (Å²) in [7, 11) is 0. The summed E-state index contributed by atoms with van der Waals surface area (Å²) in [5.41, 5.74) is 2.42. The molecule has 0 radical (unpaired) electrons. The molecule has 0 unspecified atom stereocenters. The number of nitrogens with one attached hydrogen (secondary N) is 2. The maximum atomic E-state index is 12.5. The highest BCUT2D eigenvalue weighted by Crippen LogP contribution is 2.51. The fraction of sp³-hybridized carbons (Fsp3) is 0.200. The molecule has 0 saturated carbocycles. The van der Waals surface area contributed by atoms with E-state index in [9.17, 15) is 9.59 Å². The fourth-order valence-electron chi connectivity index (χ4n) is 3.63. The normalized spacial score (nSPS) is 12.6.